The molecule has 2 unspecified atom stereocenters. The number of carbonyl (C=O) groups excluding carboxylic acids is 1. The van der Waals surface area contributed by atoms with Crippen molar-refractivity contribution >= 4 is 11.7 Å². The van der Waals surface area contributed by atoms with Gasteiger partial charge in [-0.05, 0) is 25.8 Å². The number of likely N-dealkylation sites (tertiary alicyclic amines) is 1. The first-order chi connectivity index (χ1) is 11.4. The van der Waals surface area contributed by atoms with Crippen molar-refractivity contribution in [2.75, 3.05) is 26.0 Å². The van der Waals surface area contributed by atoms with Crippen molar-refractivity contribution in [3.05, 3.63) is 18.1 Å². The molecule has 4 atom stereocenters. The first-order valence-electron chi connectivity index (χ1n) is 8.55. The van der Waals surface area contributed by atoms with E-state index >= 15 is 0 Å². The number of amides is 1. The van der Waals surface area contributed by atoms with Crippen LogP contribution in [0.1, 0.15) is 37.2 Å². The highest BCUT2D eigenvalue weighted by Crippen LogP contribution is 2.52. The van der Waals surface area contributed by atoms with Crippen molar-refractivity contribution in [3.63, 3.8) is 0 Å². The predicted molar refractivity (Wildman–Crippen MR) is 91.8 cm³/mol. The van der Waals surface area contributed by atoms with E-state index in [-0.39, 0.29) is 23.1 Å². The van der Waals surface area contributed by atoms with Gasteiger partial charge in [-0.25, -0.2) is 9.97 Å². The smallest absolute Gasteiger partial charge is 0.271 e. The van der Waals surface area contributed by atoms with E-state index in [4.69, 9.17) is 0 Å². The van der Waals surface area contributed by atoms with Gasteiger partial charge in [-0.15, -0.1) is 0 Å². The number of nitrogens with one attached hydrogen (secondary N) is 2. The molecule has 3 rings (SSSR count). The Morgan fingerprint density at radius 2 is 2.12 bits per heavy atom. The molecule has 24 heavy (non-hydrogen) atoms. The van der Waals surface area contributed by atoms with Crippen LogP contribution in [0.25, 0.3) is 0 Å². The van der Waals surface area contributed by atoms with Crippen molar-refractivity contribution in [1.29, 1.82) is 0 Å². The fourth-order valence-electron chi connectivity index (χ4n) is 4.81. The van der Waals surface area contributed by atoms with Crippen LogP contribution in [0.5, 0.6) is 0 Å². The highest BCUT2D eigenvalue weighted by molar-refractivity contribution is 5.92. The molecule has 1 amide bonds. The zero-order valence-corrected chi connectivity index (χ0v) is 14.8. The Labute approximate surface area is 142 Å². The lowest BCUT2D eigenvalue weighted by molar-refractivity contribution is -0.0827. The minimum Gasteiger partial charge on any atom is -0.391 e. The molecule has 1 aromatic rings. The van der Waals surface area contributed by atoms with Gasteiger partial charge in [0.05, 0.1) is 24.5 Å². The van der Waals surface area contributed by atoms with Crippen LogP contribution in [-0.2, 0) is 0 Å². The molecule has 7 heteroatoms. The van der Waals surface area contributed by atoms with Crippen LogP contribution in [0.4, 0.5) is 5.82 Å². The lowest BCUT2D eigenvalue weighted by atomic mass is 9.66. The molecule has 3 N–H and O–H groups in total. The van der Waals surface area contributed by atoms with Crippen LogP contribution in [0.2, 0.25) is 0 Å². The molecule has 1 aliphatic heterocycles. The van der Waals surface area contributed by atoms with E-state index in [1.165, 1.54) is 12.4 Å². The third-order valence-corrected chi connectivity index (χ3v) is 5.46. The normalized spacial score (nSPS) is 32.8. The highest BCUT2D eigenvalue weighted by Gasteiger charge is 2.58. The van der Waals surface area contributed by atoms with E-state index in [1.54, 1.807) is 7.05 Å². The summed E-state index contributed by atoms with van der Waals surface area (Å²) in [6, 6.07) is 0.238. The minimum absolute atomic E-state index is 0.113. The molecule has 132 valence electrons. The van der Waals surface area contributed by atoms with Crippen molar-refractivity contribution in [3.8, 4) is 0 Å². The summed E-state index contributed by atoms with van der Waals surface area (Å²) in [7, 11) is 3.88. The van der Waals surface area contributed by atoms with Crippen LogP contribution in [0.15, 0.2) is 12.4 Å². The number of hydrogen-bond donors (Lipinski definition) is 3. The zero-order chi connectivity index (χ0) is 17.5. The van der Waals surface area contributed by atoms with E-state index in [0.29, 0.717) is 17.8 Å². The summed E-state index contributed by atoms with van der Waals surface area (Å²) in [5, 5.41) is 16.3. The molecule has 1 aromatic heterocycles. The number of carbonyl (C=O) groups is 1. The van der Waals surface area contributed by atoms with Crippen LogP contribution >= 0.6 is 0 Å². The molecule has 1 saturated heterocycles. The second-order valence-corrected chi connectivity index (χ2v) is 7.56. The van der Waals surface area contributed by atoms with Crippen LogP contribution in [0.3, 0.4) is 0 Å². The minimum atomic E-state index is -0.506. The number of anilines is 1. The molecule has 1 saturated carbocycles. The summed E-state index contributed by atoms with van der Waals surface area (Å²) >= 11 is 0. The standard InChI is InChI=1S/C17H27N5O2/c1-10(2)15-17(9-22(15)4)5-11(13(23)6-17)21-16(24)12-7-20-14(18-3)8-19-12/h7-8,10-11,13,15,23H,5-6,9H2,1-4H3,(H,18,20)(H,21,24)/t11-,13-,15?,17?/m1/s1. The van der Waals surface area contributed by atoms with Crippen molar-refractivity contribution < 1.29 is 9.90 Å². The van der Waals surface area contributed by atoms with E-state index in [0.717, 1.165) is 19.4 Å². The molecule has 1 aliphatic carbocycles. The quantitative estimate of drug-likeness (QED) is 0.752. The summed E-state index contributed by atoms with van der Waals surface area (Å²) in [4.78, 5) is 23.0. The molecule has 0 bridgehead atoms. The van der Waals surface area contributed by atoms with Gasteiger partial charge in [0.25, 0.3) is 5.91 Å². The van der Waals surface area contributed by atoms with Gasteiger partial charge in [-0.2, -0.15) is 0 Å². The first-order valence-corrected chi connectivity index (χ1v) is 8.55. The number of rotatable bonds is 4. The van der Waals surface area contributed by atoms with E-state index in [2.05, 4.69) is 46.4 Å². The third kappa shape index (κ3) is 2.86. The van der Waals surface area contributed by atoms with Gasteiger partial charge >= 0.3 is 0 Å². The monoisotopic (exact) mass is 333 g/mol. The van der Waals surface area contributed by atoms with E-state index in [1.807, 2.05) is 0 Å². The maximum atomic E-state index is 12.4. The SMILES string of the molecule is CNc1cnc(C(=O)N[C@@H]2CC3(C[C@H]2O)CN(C)C3C(C)C)cn1. The summed E-state index contributed by atoms with van der Waals surface area (Å²) in [6.07, 6.45) is 4.03. The Morgan fingerprint density at radius 3 is 2.67 bits per heavy atom. The zero-order valence-electron chi connectivity index (χ0n) is 14.8. The second-order valence-electron chi connectivity index (χ2n) is 7.56. The Bertz CT molecular complexity index is 601. The predicted octanol–water partition coefficient (Wildman–Crippen LogP) is 0.728. The molecule has 2 fully saturated rings. The Kier molecular flexibility index (Phi) is 4.48. The van der Waals surface area contributed by atoms with Crippen molar-refractivity contribution in [2.24, 2.45) is 11.3 Å². The molecular weight excluding hydrogens is 306 g/mol. The molecule has 2 aliphatic rings. The third-order valence-electron chi connectivity index (χ3n) is 5.46. The average molecular weight is 333 g/mol. The van der Waals surface area contributed by atoms with Crippen molar-refractivity contribution in [1.82, 2.24) is 20.2 Å². The molecule has 0 aromatic carbocycles. The van der Waals surface area contributed by atoms with Gasteiger partial charge in [0.1, 0.15) is 11.5 Å². The molecule has 7 nitrogen and oxygen atoms in total. The molecule has 0 radical (unpaired) electrons. The number of nitrogens with zero attached hydrogens (tertiary/aromatic N) is 3. The van der Waals surface area contributed by atoms with Crippen LogP contribution < -0.4 is 10.6 Å². The van der Waals surface area contributed by atoms with Gasteiger partial charge in [0, 0.05) is 25.0 Å². The summed E-state index contributed by atoms with van der Waals surface area (Å²) in [5.41, 5.74) is 0.385. The molecule has 1 spiro atoms. The fourth-order valence-corrected chi connectivity index (χ4v) is 4.81. The van der Waals surface area contributed by atoms with Crippen molar-refractivity contribution in [2.45, 2.75) is 44.9 Å². The van der Waals surface area contributed by atoms with Gasteiger partial charge < -0.3 is 20.6 Å². The molecule has 2 heterocycles. The van der Waals surface area contributed by atoms with Crippen LogP contribution in [0, 0.1) is 11.3 Å². The van der Waals surface area contributed by atoms with E-state index in [9.17, 15) is 9.90 Å². The summed E-state index contributed by atoms with van der Waals surface area (Å²) in [5.74, 6) is 0.870. The summed E-state index contributed by atoms with van der Waals surface area (Å²) in [6.45, 7) is 5.43. The Hall–Kier alpha value is -1.73. The van der Waals surface area contributed by atoms with Gasteiger partial charge in [-0.1, -0.05) is 13.8 Å². The number of hydrogen-bond acceptors (Lipinski definition) is 6. The second kappa shape index (κ2) is 6.29. The number of aromatic nitrogens is 2. The highest BCUT2D eigenvalue weighted by atomic mass is 16.3. The largest absolute Gasteiger partial charge is 0.391 e. The molecular formula is C17H27N5O2. The van der Waals surface area contributed by atoms with Gasteiger partial charge in [0.2, 0.25) is 0 Å². The summed E-state index contributed by atoms with van der Waals surface area (Å²) < 4.78 is 0. The maximum Gasteiger partial charge on any atom is 0.271 e. The van der Waals surface area contributed by atoms with Crippen LogP contribution in [-0.4, -0.2) is 64.7 Å². The maximum absolute atomic E-state index is 12.4. The van der Waals surface area contributed by atoms with Gasteiger partial charge in [0.15, 0.2) is 0 Å². The topological polar surface area (TPSA) is 90.4 Å². The number of aliphatic hydroxyl groups excluding tert-OH is 1. The number of aliphatic hydroxyl groups is 1. The Morgan fingerprint density at radius 1 is 1.38 bits per heavy atom. The van der Waals surface area contributed by atoms with E-state index < -0.39 is 6.10 Å². The Balaban J connectivity index is 1.66. The average Bonchev–Trinajstić information content (AvgIpc) is 2.84. The van der Waals surface area contributed by atoms with Gasteiger partial charge in [-0.3, -0.25) is 4.79 Å². The fraction of sp³-hybridized carbons (Fsp3) is 0.706. The lowest BCUT2D eigenvalue weighted by Gasteiger charge is -2.57. The first kappa shape index (κ1) is 17.1. The lowest BCUT2D eigenvalue weighted by Crippen LogP contribution is -2.64.